The van der Waals surface area contributed by atoms with Crippen molar-refractivity contribution in [2.24, 2.45) is 0 Å². The Hall–Kier alpha value is -2.62. The summed E-state index contributed by atoms with van der Waals surface area (Å²) in [7, 11) is 2.07. The number of fused-ring (bicyclic) bond motifs is 1. The zero-order chi connectivity index (χ0) is 13.9. The van der Waals surface area contributed by atoms with Crippen molar-refractivity contribution in [3.63, 3.8) is 0 Å². The highest BCUT2D eigenvalue weighted by Crippen LogP contribution is 2.26. The van der Waals surface area contributed by atoms with E-state index >= 15 is 0 Å². The summed E-state index contributed by atoms with van der Waals surface area (Å²) in [6, 6.07) is 11.9. The van der Waals surface area contributed by atoms with Crippen LogP contribution in [0.1, 0.15) is 5.56 Å². The first-order chi connectivity index (χ1) is 9.74. The van der Waals surface area contributed by atoms with Gasteiger partial charge in [0.15, 0.2) is 0 Å². The lowest BCUT2D eigenvalue weighted by Crippen LogP contribution is -2.16. The molecule has 0 aliphatic heterocycles. The molecule has 2 heterocycles. The van der Waals surface area contributed by atoms with Gasteiger partial charge in [-0.2, -0.15) is 0 Å². The number of pyridine rings is 2. The Bertz CT molecular complexity index is 725. The zero-order valence-electron chi connectivity index (χ0n) is 11.3. The van der Waals surface area contributed by atoms with Gasteiger partial charge in [-0.05, 0) is 42.0 Å². The number of hydrogen-bond acceptors (Lipinski definition) is 4. The molecule has 2 N–H and O–H groups in total. The molecule has 2 aromatic heterocycles. The molecule has 0 fully saturated rings. The Morgan fingerprint density at radius 1 is 1.05 bits per heavy atom. The van der Waals surface area contributed by atoms with Crippen LogP contribution in [-0.2, 0) is 6.54 Å². The van der Waals surface area contributed by atoms with Crippen LogP contribution >= 0.6 is 0 Å². The number of nitrogens with zero attached hydrogens (tertiary/aromatic N) is 3. The van der Waals surface area contributed by atoms with E-state index in [-0.39, 0.29) is 0 Å². The molecule has 0 amide bonds. The Kier molecular flexibility index (Phi) is 3.21. The van der Waals surface area contributed by atoms with Gasteiger partial charge in [0.2, 0.25) is 0 Å². The minimum absolute atomic E-state index is 0.735. The third kappa shape index (κ3) is 2.40. The molecular formula is C16H16N4. The molecule has 4 nitrogen and oxygen atoms in total. The zero-order valence-corrected chi connectivity index (χ0v) is 11.3. The minimum Gasteiger partial charge on any atom is -0.399 e. The monoisotopic (exact) mass is 264 g/mol. The van der Waals surface area contributed by atoms with Crippen molar-refractivity contribution in [2.75, 3.05) is 17.7 Å². The van der Waals surface area contributed by atoms with Crippen LogP contribution in [0.15, 0.2) is 55.0 Å². The average molecular weight is 264 g/mol. The highest BCUT2D eigenvalue weighted by molar-refractivity contribution is 5.93. The van der Waals surface area contributed by atoms with E-state index in [1.165, 1.54) is 5.56 Å². The standard InChI is InChI=1S/C16H16N4/c1-20(11-12-4-7-18-8-5-12)16-6-9-19-15-10-13(17)2-3-14(15)16/h2-10H,11,17H2,1H3. The Morgan fingerprint density at radius 3 is 2.65 bits per heavy atom. The fraction of sp³-hybridized carbons (Fsp3) is 0.125. The number of aromatic nitrogens is 2. The summed E-state index contributed by atoms with van der Waals surface area (Å²) in [5, 5.41) is 1.11. The first-order valence-corrected chi connectivity index (χ1v) is 6.48. The normalized spacial score (nSPS) is 10.7. The quantitative estimate of drug-likeness (QED) is 0.739. The second-order valence-corrected chi connectivity index (χ2v) is 4.82. The maximum atomic E-state index is 5.81. The van der Waals surface area contributed by atoms with Crippen LogP contribution < -0.4 is 10.6 Å². The molecule has 0 radical (unpaired) electrons. The van der Waals surface area contributed by atoms with Gasteiger partial charge >= 0.3 is 0 Å². The molecule has 0 bridgehead atoms. The summed E-state index contributed by atoms with van der Waals surface area (Å²) in [5.74, 6) is 0. The van der Waals surface area contributed by atoms with Crippen LogP contribution in [0.2, 0.25) is 0 Å². The van der Waals surface area contributed by atoms with Gasteiger partial charge in [-0.1, -0.05) is 0 Å². The molecule has 0 aliphatic rings. The predicted molar refractivity (Wildman–Crippen MR) is 82.5 cm³/mol. The lowest BCUT2D eigenvalue weighted by atomic mass is 10.1. The molecule has 4 heteroatoms. The third-order valence-electron chi connectivity index (χ3n) is 3.32. The van der Waals surface area contributed by atoms with E-state index in [0.29, 0.717) is 0 Å². The number of nitrogen functional groups attached to an aromatic ring is 1. The van der Waals surface area contributed by atoms with Crippen molar-refractivity contribution in [3.8, 4) is 0 Å². The number of rotatable bonds is 3. The topological polar surface area (TPSA) is 55.0 Å². The van der Waals surface area contributed by atoms with Crippen molar-refractivity contribution in [1.29, 1.82) is 0 Å². The molecule has 1 aromatic carbocycles. The van der Waals surface area contributed by atoms with Crippen LogP contribution in [0, 0.1) is 0 Å². The van der Waals surface area contributed by atoms with Gasteiger partial charge in [0.1, 0.15) is 0 Å². The van der Waals surface area contributed by atoms with E-state index in [0.717, 1.165) is 28.8 Å². The van der Waals surface area contributed by atoms with Crippen LogP contribution in [0.25, 0.3) is 10.9 Å². The molecule has 0 atom stereocenters. The molecule has 100 valence electrons. The number of anilines is 2. The third-order valence-corrected chi connectivity index (χ3v) is 3.32. The van der Waals surface area contributed by atoms with Gasteiger partial charge in [0.05, 0.1) is 5.52 Å². The summed E-state index contributed by atoms with van der Waals surface area (Å²) in [4.78, 5) is 10.6. The summed E-state index contributed by atoms with van der Waals surface area (Å²) < 4.78 is 0. The fourth-order valence-corrected chi connectivity index (χ4v) is 2.33. The molecule has 20 heavy (non-hydrogen) atoms. The molecule has 0 saturated carbocycles. The fourth-order valence-electron chi connectivity index (χ4n) is 2.33. The summed E-state index contributed by atoms with van der Waals surface area (Å²) in [6.45, 7) is 0.825. The molecule has 3 aromatic rings. The molecule has 0 spiro atoms. The Balaban J connectivity index is 1.97. The second-order valence-electron chi connectivity index (χ2n) is 4.82. The first kappa shape index (κ1) is 12.4. The minimum atomic E-state index is 0.735. The number of nitrogens with two attached hydrogens (primary N) is 1. The molecule has 3 rings (SSSR count). The van der Waals surface area contributed by atoms with E-state index in [9.17, 15) is 0 Å². The summed E-state index contributed by atoms with van der Waals surface area (Å²) >= 11 is 0. The van der Waals surface area contributed by atoms with E-state index < -0.39 is 0 Å². The van der Waals surface area contributed by atoms with Crippen LogP contribution in [0.3, 0.4) is 0 Å². The van der Waals surface area contributed by atoms with E-state index in [2.05, 4.69) is 21.9 Å². The lowest BCUT2D eigenvalue weighted by Gasteiger charge is -2.21. The predicted octanol–water partition coefficient (Wildman–Crippen LogP) is 2.85. The largest absolute Gasteiger partial charge is 0.399 e. The van der Waals surface area contributed by atoms with Crippen molar-refractivity contribution in [2.45, 2.75) is 6.54 Å². The van der Waals surface area contributed by atoms with Crippen molar-refractivity contribution in [3.05, 3.63) is 60.6 Å². The van der Waals surface area contributed by atoms with Gasteiger partial charge in [-0.15, -0.1) is 0 Å². The number of benzene rings is 1. The average Bonchev–Trinajstić information content (AvgIpc) is 2.47. The van der Waals surface area contributed by atoms with E-state index in [1.54, 1.807) is 0 Å². The van der Waals surface area contributed by atoms with Crippen LogP contribution in [0.4, 0.5) is 11.4 Å². The molecule has 0 aliphatic carbocycles. The van der Waals surface area contributed by atoms with Gasteiger partial charge < -0.3 is 10.6 Å². The molecular weight excluding hydrogens is 248 g/mol. The van der Waals surface area contributed by atoms with Gasteiger partial charge in [0.25, 0.3) is 0 Å². The Morgan fingerprint density at radius 2 is 1.85 bits per heavy atom. The lowest BCUT2D eigenvalue weighted by molar-refractivity contribution is 0.923. The van der Waals surface area contributed by atoms with Crippen LogP contribution in [-0.4, -0.2) is 17.0 Å². The van der Waals surface area contributed by atoms with Gasteiger partial charge in [-0.3, -0.25) is 9.97 Å². The Labute approximate surface area is 117 Å². The maximum Gasteiger partial charge on any atom is 0.0743 e. The molecule has 0 saturated heterocycles. The highest BCUT2D eigenvalue weighted by Gasteiger charge is 2.07. The summed E-state index contributed by atoms with van der Waals surface area (Å²) in [6.07, 6.45) is 5.45. The molecule has 0 unspecified atom stereocenters. The smallest absolute Gasteiger partial charge is 0.0743 e. The van der Waals surface area contributed by atoms with Crippen LogP contribution in [0.5, 0.6) is 0 Å². The first-order valence-electron chi connectivity index (χ1n) is 6.48. The van der Waals surface area contributed by atoms with Crippen molar-refractivity contribution < 1.29 is 0 Å². The van der Waals surface area contributed by atoms with E-state index in [4.69, 9.17) is 5.73 Å². The maximum absolute atomic E-state index is 5.81. The number of hydrogen-bond donors (Lipinski definition) is 1. The highest BCUT2D eigenvalue weighted by atomic mass is 15.1. The van der Waals surface area contributed by atoms with Gasteiger partial charge in [-0.25, -0.2) is 0 Å². The van der Waals surface area contributed by atoms with Crippen molar-refractivity contribution in [1.82, 2.24) is 9.97 Å². The van der Waals surface area contributed by atoms with Crippen molar-refractivity contribution >= 4 is 22.3 Å². The summed E-state index contributed by atoms with van der Waals surface area (Å²) in [5.41, 5.74) is 9.84. The van der Waals surface area contributed by atoms with E-state index in [1.807, 2.05) is 55.0 Å². The second kappa shape index (κ2) is 5.17. The van der Waals surface area contributed by atoms with Gasteiger partial charge in [0, 0.05) is 48.9 Å². The SMILES string of the molecule is CN(Cc1ccncc1)c1ccnc2cc(N)ccc12.